The van der Waals surface area contributed by atoms with Gasteiger partial charge < -0.3 is 15.1 Å². The molecule has 0 aliphatic carbocycles. The van der Waals surface area contributed by atoms with Crippen molar-refractivity contribution in [2.45, 2.75) is 52.0 Å². The number of aryl methyl sites for hydroxylation is 1. The monoisotopic (exact) mass is 366 g/mol. The van der Waals surface area contributed by atoms with Crippen LogP contribution in [0.15, 0.2) is 24.3 Å². The van der Waals surface area contributed by atoms with Crippen LogP contribution >= 0.6 is 0 Å². The van der Waals surface area contributed by atoms with Gasteiger partial charge in [-0.15, -0.1) is 0 Å². The third-order valence-electron chi connectivity index (χ3n) is 5.46. The summed E-state index contributed by atoms with van der Waals surface area (Å²) in [6.45, 7) is 7.01. The lowest BCUT2D eigenvalue weighted by Crippen LogP contribution is -2.34. The molecule has 0 atom stereocenters. The van der Waals surface area contributed by atoms with Crippen molar-refractivity contribution in [3.05, 3.63) is 35.4 Å². The van der Waals surface area contributed by atoms with E-state index in [-0.39, 0.29) is 0 Å². The highest BCUT2D eigenvalue weighted by Crippen LogP contribution is 2.22. The fourth-order valence-electron chi connectivity index (χ4n) is 3.79. The summed E-state index contributed by atoms with van der Waals surface area (Å²) in [7, 11) is 0. The van der Waals surface area contributed by atoms with Crippen molar-refractivity contribution in [1.29, 1.82) is 0 Å². The molecule has 1 N–H and O–H groups in total. The second-order valence-electron chi connectivity index (χ2n) is 7.69. The first-order chi connectivity index (χ1) is 13.3. The number of hydrogen-bond donors (Lipinski definition) is 1. The van der Waals surface area contributed by atoms with Crippen LogP contribution in [0.4, 0.5) is 17.8 Å². The third kappa shape index (κ3) is 4.67. The molecule has 0 amide bonds. The van der Waals surface area contributed by atoms with Crippen molar-refractivity contribution in [1.82, 2.24) is 15.0 Å². The summed E-state index contributed by atoms with van der Waals surface area (Å²) in [4.78, 5) is 19.0. The SMILES string of the molecule is Cc1ccc(CNc2nc(N3CCCCC3)nc(N3CCCCC3)n2)cc1. The second kappa shape index (κ2) is 8.55. The molecule has 2 saturated heterocycles. The van der Waals surface area contributed by atoms with E-state index in [4.69, 9.17) is 15.0 Å². The van der Waals surface area contributed by atoms with Crippen molar-refractivity contribution in [3.63, 3.8) is 0 Å². The van der Waals surface area contributed by atoms with Crippen LogP contribution in [0.5, 0.6) is 0 Å². The summed E-state index contributed by atoms with van der Waals surface area (Å²) in [5.74, 6) is 2.35. The van der Waals surface area contributed by atoms with Gasteiger partial charge in [-0.1, -0.05) is 29.8 Å². The number of hydrogen-bond acceptors (Lipinski definition) is 6. The van der Waals surface area contributed by atoms with Crippen molar-refractivity contribution in [2.75, 3.05) is 41.3 Å². The zero-order chi connectivity index (χ0) is 18.5. The second-order valence-corrected chi connectivity index (χ2v) is 7.69. The highest BCUT2D eigenvalue weighted by Gasteiger charge is 2.20. The van der Waals surface area contributed by atoms with E-state index in [0.717, 1.165) is 44.6 Å². The number of benzene rings is 1. The zero-order valence-electron chi connectivity index (χ0n) is 16.3. The summed E-state index contributed by atoms with van der Waals surface area (Å²) in [6.07, 6.45) is 7.49. The average molecular weight is 367 g/mol. The van der Waals surface area contributed by atoms with Gasteiger partial charge in [0.1, 0.15) is 0 Å². The minimum atomic E-state index is 0.687. The van der Waals surface area contributed by atoms with Gasteiger partial charge in [0, 0.05) is 32.7 Å². The van der Waals surface area contributed by atoms with E-state index in [9.17, 15) is 0 Å². The zero-order valence-corrected chi connectivity index (χ0v) is 16.3. The normalized spacial score (nSPS) is 17.8. The quantitative estimate of drug-likeness (QED) is 0.869. The summed E-state index contributed by atoms with van der Waals surface area (Å²) < 4.78 is 0. The minimum Gasteiger partial charge on any atom is -0.350 e. The van der Waals surface area contributed by atoms with Gasteiger partial charge in [-0.25, -0.2) is 0 Å². The van der Waals surface area contributed by atoms with Crippen LogP contribution in [-0.2, 0) is 6.54 Å². The van der Waals surface area contributed by atoms with Crippen molar-refractivity contribution >= 4 is 17.8 Å². The molecule has 27 heavy (non-hydrogen) atoms. The van der Waals surface area contributed by atoms with Crippen LogP contribution < -0.4 is 15.1 Å². The Morgan fingerprint density at radius 1 is 0.741 bits per heavy atom. The molecule has 6 heteroatoms. The van der Waals surface area contributed by atoms with Crippen LogP contribution in [0.25, 0.3) is 0 Å². The minimum absolute atomic E-state index is 0.687. The Kier molecular flexibility index (Phi) is 5.70. The predicted molar refractivity (Wildman–Crippen MR) is 110 cm³/mol. The van der Waals surface area contributed by atoms with Crippen LogP contribution in [0.2, 0.25) is 0 Å². The smallest absolute Gasteiger partial charge is 0.231 e. The van der Waals surface area contributed by atoms with Gasteiger partial charge in [0.25, 0.3) is 0 Å². The number of nitrogens with one attached hydrogen (secondary N) is 1. The Morgan fingerprint density at radius 3 is 1.78 bits per heavy atom. The first-order valence-electron chi connectivity index (χ1n) is 10.3. The molecule has 2 aliphatic rings. The molecule has 4 rings (SSSR count). The molecule has 6 nitrogen and oxygen atoms in total. The molecule has 1 aromatic heterocycles. The molecule has 3 heterocycles. The van der Waals surface area contributed by atoms with E-state index < -0.39 is 0 Å². The Balaban J connectivity index is 1.55. The average Bonchev–Trinajstić information content (AvgIpc) is 2.74. The van der Waals surface area contributed by atoms with Gasteiger partial charge in [-0.05, 0) is 51.0 Å². The Bertz CT molecular complexity index is 697. The molecule has 2 aliphatic heterocycles. The summed E-state index contributed by atoms with van der Waals surface area (Å²) in [6, 6.07) is 8.59. The maximum atomic E-state index is 4.84. The number of rotatable bonds is 5. The first-order valence-corrected chi connectivity index (χ1v) is 10.3. The number of piperidine rings is 2. The highest BCUT2D eigenvalue weighted by atomic mass is 15.4. The van der Waals surface area contributed by atoms with Crippen molar-refractivity contribution in [3.8, 4) is 0 Å². The number of anilines is 3. The molecule has 0 radical (unpaired) electrons. The van der Waals surface area contributed by atoms with E-state index in [2.05, 4.69) is 46.3 Å². The summed E-state index contributed by atoms with van der Waals surface area (Å²) in [5.41, 5.74) is 2.51. The fourth-order valence-corrected chi connectivity index (χ4v) is 3.79. The molecular weight excluding hydrogens is 336 g/mol. The van der Waals surface area contributed by atoms with Gasteiger partial charge >= 0.3 is 0 Å². The lowest BCUT2D eigenvalue weighted by Gasteiger charge is -2.30. The van der Waals surface area contributed by atoms with E-state index >= 15 is 0 Å². The summed E-state index contributed by atoms with van der Waals surface area (Å²) >= 11 is 0. The molecule has 0 saturated carbocycles. The molecule has 144 valence electrons. The summed E-state index contributed by atoms with van der Waals surface area (Å²) in [5, 5.41) is 3.42. The molecule has 0 bridgehead atoms. The fraction of sp³-hybridized carbons (Fsp3) is 0.571. The standard InChI is InChI=1S/C21H30N6/c1-17-8-10-18(11-9-17)16-22-19-23-20(26-12-4-2-5-13-26)25-21(24-19)27-14-6-3-7-15-27/h8-11H,2-7,12-16H2,1H3,(H,22,23,24,25). The lowest BCUT2D eigenvalue weighted by molar-refractivity contribution is 0.556. The van der Waals surface area contributed by atoms with Crippen molar-refractivity contribution < 1.29 is 0 Å². The van der Waals surface area contributed by atoms with Gasteiger partial charge in [0.05, 0.1) is 0 Å². The molecule has 0 unspecified atom stereocenters. The largest absolute Gasteiger partial charge is 0.350 e. The van der Waals surface area contributed by atoms with Gasteiger partial charge in [0.15, 0.2) is 0 Å². The van der Waals surface area contributed by atoms with Crippen LogP contribution in [-0.4, -0.2) is 41.1 Å². The highest BCUT2D eigenvalue weighted by molar-refractivity contribution is 5.46. The van der Waals surface area contributed by atoms with Gasteiger partial charge in [0.2, 0.25) is 17.8 Å². The number of aromatic nitrogens is 3. The molecule has 2 fully saturated rings. The topological polar surface area (TPSA) is 57.2 Å². The Morgan fingerprint density at radius 2 is 1.26 bits per heavy atom. The van der Waals surface area contributed by atoms with Crippen LogP contribution in [0.3, 0.4) is 0 Å². The van der Waals surface area contributed by atoms with Gasteiger partial charge in [-0.3, -0.25) is 0 Å². The van der Waals surface area contributed by atoms with E-state index in [1.807, 2.05) is 0 Å². The van der Waals surface area contributed by atoms with Crippen molar-refractivity contribution in [2.24, 2.45) is 0 Å². The molecule has 0 spiro atoms. The van der Waals surface area contributed by atoms with Crippen LogP contribution in [0.1, 0.15) is 49.7 Å². The van der Waals surface area contributed by atoms with Gasteiger partial charge in [-0.2, -0.15) is 15.0 Å². The maximum Gasteiger partial charge on any atom is 0.231 e. The number of nitrogens with zero attached hydrogens (tertiary/aromatic N) is 5. The molecular formula is C21H30N6. The van der Waals surface area contributed by atoms with E-state index in [1.54, 1.807) is 0 Å². The molecule has 2 aromatic rings. The van der Waals surface area contributed by atoms with Crippen LogP contribution in [0, 0.1) is 6.92 Å². The lowest BCUT2D eigenvalue weighted by atomic mass is 10.1. The van der Waals surface area contributed by atoms with E-state index in [1.165, 1.54) is 49.7 Å². The predicted octanol–water partition coefficient (Wildman–Crippen LogP) is 3.77. The Labute approximate surface area is 162 Å². The molecule has 1 aromatic carbocycles. The maximum absolute atomic E-state index is 4.84. The van der Waals surface area contributed by atoms with E-state index in [0.29, 0.717) is 5.95 Å². The third-order valence-corrected chi connectivity index (χ3v) is 5.46. The Hall–Kier alpha value is -2.37. The first kappa shape index (κ1) is 18.0.